The number of rotatable bonds is 2. The Labute approximate surface area is 95.6 Å². The molecule has 86 valence electrons. The average molecular weight is 219 g/mol. The van der Waals surface area contributed by atoms with Crippen LogP contribution < -0.4 is 5.73 Å². The zero-order valence-corrected chi connectivity index (χ0v) is 9.79. The van der Waals surface area contributed by atoms with Gasteiger partial charge in [0.2, 0.25) is 0 Å². The Morgan fingerprint density at radius 2 is 2.31 bits per heavy atom. The Hall–Kier alpha value is -1.47. The molecule has 1 fully saturated rings. The number of anilines is 1. The molecule has 1 aliphatic heterocycles. The van der Waals surface area contributed by atoms with E-state index in [1.165, 1.54) is 0 Å². The molecule has 1 aromatic rings. The summed E-state index contributed by atoms with van der Waals surface area (Å²) in [6, 6.07) is 2.17. The summed E-state index contributed by atoms with van der Waals surface area (Å²) >= 11 is 0. The molecule has 1 unspecified atom stereocenters. The predicted molar refractivity (Wildman–Crippen MR) is 62.0 cm³/mol. The van der Waals surface area contributed by atoms with Crippen LogP contribution in [0.25, 0.3) is 0 Å². The number of hydrogen-bond donors (Lipinski definition) is 1. The lowest BCUT2D eigenvalue weighted by atomic mass is 10.1. The van der Waals surface area contributed by atoms with Crippen LogP contribution in [0.2, 0.25) is 0 Å². The fraction of sp³-hybridized carbons (Fsp3) is 0.583. The summed E-state index contributed by atoms with van der Waals surface area (Å²) in [5, 5.41) is 9.03. The van der Waals surface area contributed by atoms with E-state index in [0.29, 0.717) is 17.3 Å². The molecular formula is C12H17N3O. The summed E-state index contributed by atoms with van der Waals surface area (Å²) in [4.78, 5) is 0. The van der Waals surface area contributed by atoms with Crippen LogP contribution in [0.1, 0.15) is 23.2 Å². The van der Waals surface area contributed by atoms with Crippen LogP contribution in [0.15, 0.2) is 0 Å². The number of hydrogen-bond acceptors (Lipinski definition) is 3. The van der Waals surface area contributed by atoms with E-state index in [1.807, 2.05) is 18.4 Å². The van der Waals surface area contributed by atoms with Crippen LogP contribution in [0.4, 0.5) is 5.82 Å². The van der Waals surface area contributed by atoms with Gasteiger partial charge in [-0.1, -0.05) is 0 Å². The van der Waals surface area contributed by atoms with Crippen molar-refractivity contribution in [2.24, 2.45) is 5.92 Å². The average Bonchev–Trinajstić information content (AvgIpc) is 2.83. The minimum Gasteiger partial charge on any atom is -0.384 e. The molecule has 0 radical (unpaired) electrons. The number of nitrogen functional groups attached to an aromatic ring is 1. The fourth-order valence-electron chi connectivity index (χ4n) is 2.25. The van der Waals surface area contributed by atoms with E-state index in [0.717, 1.165) is 37.4 Å². The third-order valence-corrected chi connectivity index (χ3v) is 3.45. The van der Waals surface area contributed by atoms with Crippen molar-refractivity contribution in [3.05, 3.63) is 16.8 Å². The molecule has 1 aliphatic rings. The molecule has 0 amide bonds. The van der Waals surface area contributed by atoms with Gasteiger partial charge in [-0.25, -0.2) is 0 Å². The summed E-state index contributed by atoms with van der Waals surface area (Å²) < 4.78 is 7.40. The van der Waals surface area contributed by atoms with E-state index in [4.69, 9.17) is 15.7 Å². The van der Waals surface area contributed by atoms with Gasteiger partial charge in [0, 0.05) is 24.8 Å². The first-order chi connectivity index (χ1) is 7.65. The van der Waals surface area contributed by atoms with E-state index < -0.39 is 0 Å². The number of nitriles is 1. The normalized spacial score (nSPS) is 19.9. The zero-order valence-electron chi connectivity index (χ0n) is 9.79. The number of nitrogens with zero attached hydrogens (tertiary/aromatic N) is 2. The minimum atomic E-state index is 0.527. The Balaban J connectivity index is 2.30. The Morgan fingerprint density at radius 3 is 2.81 bits per heavy atom. The number of nitrogens with two attached hydrogens (primary N) is 1. The molecule has 2 N–H and O–H groups in total. The van der Waals surface area contributed by atoms with Gasteiger partial charge in [-0.2, -0.15) is 5.26 Å². The van der Waals surface area contributed by atoms with Crippen molar-refractivity contribution < 1.29 is 4.74 Å². The molecule has 0 aliphatic carbocycles. The van der Waals surface area contributed by atoms with Gasteiger partial charge in [0.25, 0.3) is 0 Å². The first-order valence-corrected chi connectivity index (χ1v) is 5.58. The zero-order chi connectivity index (χ0) is 11.7. The van der Waals surface area contributed by atoms with E-state index in [9.17, 15) is 0 Å². The Morgan fingerprint density at radius 1 is 1.56 bits per heavy atom. The molecule has 2 rings (SSSR count). The van der Waals surface area contributed by atoms with Crippen LogP contribution in [0.5, 0.6) is 0 Å². The highest BCUT2D eigenvalue weighted by Crippen LogP contribution is 2.26. The number of ether oxygens (including phenoxy) is 1. The smallest absolute Gasteiger partial charge is 0.122 e. The fourth-order valence-corrected chi connectivity index (χ4v) is 2.25. The van der Waals surface area contributed by atoms with Crippen molar-refractivity contribution in [2.75, 3.05) is 18.9 Å². The number of aromatic nitrogens is 1. The van der Waals surface area contributed by atoms with Crippen LogP contribution >= 0.6 is 0 Å². The minimum absolute atomic E-state index is 0.527. The van der Waals surface area contributed by atoms with Crippen molar-refractivity contribution in [3.8, 4) is 6.07 Å². The second-order valence-corrected chi connectivity index (χ2v) is 4.42. The first-order valence-electron chi connectivity index (χ1n) is 5.58. The van der Waals surface area contributed by atoms with Crippen molar-refractivity contribution >= 4 is 5.82 Å². The van der Waals surface area contributed by atoms with Gasteiger partial charge in [-0.05, 0) is 25.8 Å². The molecule has 0 saturated carbocycles. The molecule has 1 saturated heterocycles. The van der Waals surface area contributed by atoms with Gasteiger partial charge in [0.1, 0.15) is 11.9 Å². The van der Waals surface area contributed by atoms with Crippen LogP contribution in [-0.2, 0) is 11.3 Å². The van der Waals surface area contributed by atoms with Crippen molar-refractivity contribution in [2.45, 2.75) is 26.8 Å². The summed E-state index contributed by atoms with van der Waals surface area (Å²) in [6.45, 7) is 6.47. The molecular weight excluding hydrogens is 202 g/mol. The third kappa shape index (κ3) is 1.68. The van der Waals surface area contributed by atoms with Crippen LogP contribution in [-0.4, -0.2) is 17.8 Å². The summed E-state index contributed by atoms with van der Waals surface area (Å²) in [7, 11) is 0. The quantitative estimate of drug-likeness (QED) is 0.821. The molecule has 2 heterocycles. The third-order valence-electron chi connectivity index (χ3n) is 3.45. The molecule has 4 heteroatoms. The van der Waals surface area contributed by atoms with Gasteiger partial charge in [-0.15, -0.1) is 0 Å². The largest absolute Gasteiger partial charge is 0.384 e. The van der Waals surface area contributed by atoms with Crippen molar-refractivity contribution in [1.82, 2.24) is 4.57 Å². The molecule has 1 aromatic heterocycles. The highest BCUT2D eigenvalue weighted by molar-refractivity contribution is 5.57. The molecule has 4 nitrogen and oxygen atoms in total. The molecule has 0 bridgehead atoms. The maximum absolute atomic E-state index is 9.03. The lowest BCUT2D eigenvalue weighted by Crippen LogP contribution is -2.14. The van der Waals surface area contributed by atoms with Gasteiger partial charge >= 0.3 is 0 Å². The monoisotopic (exact) mass is 219 g/mol. The lowest BCUT2D eigenvalue weighted by Gasteiger charge is -2.13. The summed E-state index contributed by atoms with van der Waals surface area (Å²) in [5.41, 5.74) is 8.71. The Bertz CT molecular complexity index is 436. The first kappa shape index (κ1) is 11.0. The van der Waals surface area contributed by atoms with Crippen LogP contribution in [0.3, 0.4) is 0 Å². The Kier molecular flexibility index (Phi) is 2.88. The maximum Gasteiger partial charge on any atom is 0.122 e. The van der Waals surface area contributed by atoms with E-state index in [1.54, 1.807) is 0 Å². The summed E-state index contributed by atoms with van der Waals surface area (Å²) in [5.74, 6) is 1.13. The van der Waals surface area contributed by atoms with Crippen LogP contribution in [0, 0.1) is 31.1 Å². The second kappa shape index (κ2) is 4.18. The van der Waals surface area contributed by atoms with Gasteiger partial charge < -0.3 is 15.0 Å². The SMILES string of the molecule is Cc1c(C#N)c(N)n(CC2CCOC2)c1C. The van der Waals surface area contributed by atoms with Gasteiger partial charge in [-0.3, -0.25) is 0 Å². The van der Waals surface area contributed by atoms with Gasteiger partial charge in [0.15, 0.2) is 0 Å². The molecule has 0 aromatic carbocycles. The second-order valence-electron chi connectivity index (χ2n) is 4.42. The molecule has 1 atom stereocenters. The van der Waals surface area contributed by atoms with Crippen molar-refractivity contribution in [3.63, 3.8) is 0 Å². The maximum atomic E-state index is 9.03. The highest BCUT2D eigenvalue weighted by atomic mass is 16.5. The highest BCUT2D eigenvalue weighted by Gasteiger charge is 2.21. The molecule has 0 spiro atoms. The van der Waals surface area contributed by atoms with E-state index >= 15 is 0 Å². The summed E-state index contributed by atoms with van der Waals surface area (Å²) in [6.07, 6.45) is 1.08. The van der Waals surface area contributed by atoms with Gasteiger partial charge in [0.05, 0.1) is 12.2 Å². The predicted octanol–water partition coefficient (Wildman–Crippen LogP) is 1.60. The lowest BCUT2D eigenvalue weighted by molar-refractivity contribution is 0.182. The van der Waals surface area contributed by atoms with Crippen molar-refractivity contribution in [1.29, 1.82) is 5.26 Å². The van der Waals surface area contributed by atoms with E-state index in [-0.39, 0.29) is 0 Å². The van der Waals surface area contributed by atoms with E-state index in [2.05, 4.69) is 6.07 Å². The standard InChI is InChI=1S/C12H17N3O/c1-8-9(2)15(12(14)11(8)5-13)6-10-3-4-16-7-10/h10H,3-4,6-7,14H2,1-2H3. The molecule has 16 heavy (non-hydrogen) atoms. The topological polar surface area (TPSA) is 64.0 Å².